The lowest BCUT2D eigenvalue weighted by atomic mass is 9.83. The van der Waals surface area contributed by atoms with E-state index in [4.69, 9.17) is 29.4 Å². The number of carboxylic acids is 1. The van der Waals surface area contributed by atoms with Gasteiger partial charge in [0.15, 0.2) is 12.1 Å². The number of fused-ring (bicyclic) bond motifs is 3. The van der Waals surface area contributed by atoms with Crippen LogP contribution in [0, 0.1) is 5.92 Å². The number of carbonyl (C=O) groups is 2. The van der Waals surface area contributed by atoms with Gasteiger partial charge in [-0.25, -0.2) is 4.79 Å². The highest BCUT2D eigenvalue weighted by Gasteiger charge is 2.51. The minimum absolute atomic E-state index is 0.0789. The van der Waals surface area contributed by atoms with E-state index in [1.54, 1.807) is 56.4 Å². The van der Waals surface area contributed by atoms with Gasteiger partial charge in [-0.05, 0) is 19.9 Å². The van der Waals surface area contributed by atoms with E-state index >= 15 is 0 Å². The lowest BCUT2D eigenvalue weighted by molar-refractivity contribution is -0.308. The minimum atomic E-state index is -2.10. The van der Waals surface area contributed by atoms with E-state index in [0.717, 1.165) is 0 Å². The van der Waals surface area contributed by atoms with Gasteiger partial charge in [-0.15, -0.1) is 0 Å². The van der Waals surface area contributed by atoms with Crippen LogP contribution in [-0.2, 0) is 33.3 Å². The number of rotatable bonds is 3. The quantitative estimate of drug-likeness (QED) is 0.157. The number of aliphatic hydroxyl groups is 5. The van der Waals surface area contributed by atoms with Gasteiger partial charge in [-0.3, -0.25) is 4.79 Å². The Bertz CT molecular complexity index is 1220. The molecule has 0 amide bonds. The van der Waals surface area contributed by atoms with Gasteiger partial charge in [-0.1, -0.05) is 48.6 Å². The first-order valence-electron chi connectivity index (χ1n) is 15.9. The number of hydrogen-bond donors (Lipinski definition) is 7. The highest BCUT2D eigenvalue weighted by atomic mass is 16.7. The third-order valence-corrected chi connectivity index (χ3v) is 8.58. The summed E-state index contributed by atoms with van der Waals surface area (Å²) in [4.78, 5) is 24.4. The maximum absolute atomic E-state index is 12.3. The third kappa shape index (κ3) is 10.6. The number of ether oxygens (including phenoxy) is 5. The lowest BCUT2D eigenvalue weighted by Gasteiger charge is -2.45. The number of allylic oxidation sites excluding steroid dienone is 6. The van der Waals surface area contributed by atoms with Crippen molar-refractivity contribution in [1.29, 1.82) is 0 Å². The van der Waals surface area contributed by atoms with Crippen molar-refractivity contribution in [3.63, 3.8) is 0 Å². The van der Waals surface area contributed by atoms with Crippen molar-refractivity contribution in [2.75, 3.05) is 0 Å². The molecule has 0 spiro atoms. The summed E-state index contributed by atoms with van der Waals surface area (Å²) in [6, 6.07) is -1.08. The topological polar surface area (TPSA) is 231 Å². The zero-order valence-corrected chi connectivity index (χ0v) is 26.4. The monoisotopic (exact) mass is 665 g/mol. The first kappa shape index (κ1) is 37.1. The zero-order chi connectivity index (χ0) is 34.3. The largest absolute Gasteiger partial charge is 0.481 e. The van der Waals surface area contributed by atoms with E-state index in [2.05, 4.69) is 0 Å². The summed E-state index contributed by atoms with van der Waals surface area (Å²) < 4.78 is 28.5. The number of epoxide rings is 1. The molecule has 262 valence electrons. The van der Waals surface area contributed by atoms with E-state index in [1.807, 2.05) is 6.08 Å². The van der Waals surface area contributed by atoms with E-state index in [9.17, 15) is 40.2 Å². The molecular weight excluding hydrogens is 618 g/mol. The van der Waals surface area contributed by atoms with E-state index in [0.29, 0.717) is 6.42 Å². The molecule has 4 heterocycles. The number of esters is 1. The normalized spacial score (nSPS) is 47.2. The maximum Gasteiger partial charge on any atom is 0.330 e. The highest BCUT2D eigenvalue weighted by Crippen LogP contribution is 2.39. The second kappa shape index (κ2) is 16.6. The van der Waals surface area contributed by atoms with E-state index in [-0.39, 0.29) is 25.4 Å². The molecule has 0 saturated carbocycles. The number of aliphatic carboxylic acids is 1. The lowest BCUT2D eigenvalue weighted by Crippen LogP contribution is -2.61. The van der Waals surface area contributed by atoms with Crippen LogP contribution in [0.4, 0.5) is 0 Å². The Morgan fingerprint density at radius 2 is 1.64 bits per heavy atom. The van der Waals surface area contributed by atoms with Crippen LogP contribution in [0.15, 0.2) is 60.8 Å². The molecule has 47 heavy (non-hydrogen) atoms. The Labute approximate surface area is 273 Å². The van der Waals surface area contributed by atoms with Crippen molar-refractivity contribution >= 4 is 11.9 Å². The van der Waals surface area contributed by atoms with Crippen molar-refractivity contribution in [3.05, 3.63) is 60.8 Å². The first-order chi connectivity index (χ1) is 22.3. The number of hydrogen-bond acceptors (Lipinski definition) is 13. The van der Waals surface area contributed by atoms with Crippen LogP contribution in [0.25, 0.3) is 0 Å². The van der Waals surface area contributed by atoms with Crippen molar-refractivity contribution in [3.8, 4) is 0 Å². The standard InChI is InChI=1S/C33H47NO13/c1-18-10-8-6-4-3-5-7-9-11-21(45-32-30(39)28(34)29(38)19(2)44-32)15-25-27(31(40)41)22(36)17-33(42,47-25)16-20(35)14-24-23(46-24)12-13-26(37)43-18/h3-9,11-13,18-25,27-30,32,35-36,38-39,42H,10,14-17,34H2,1-2H3,(H,40,41)/b4-3+,7-5+,8-6+,11-9+,13-12+/t18-,19-,20+,21?,22+,23-,24-,25+,27-,28+,29-,30+,32+,33-/m1/s1. The summed E-state index contributed by atoms with van der Waals surface area (Å²) >= 11 is 0. The van der Waals surface area contributed by atoms with E-state index in [1.165, 1.54) is 12.2 Å². The number of aliphatic hydroxyl groups excluding tert-OH is 4. The van der Waals surface area contributed by atoms with Crippen LogP contribution in [0.5, 0.6) is 0 Å². The fourth-order valence-corrected chi connectivity index (χ4v) is 6.00. The fourth-order valence-electron chi connectivity index (χ4n) is 6.00. The Kier molecular flexibility index (Phi) is 13.1. The Morgan fingerprint density at radius 1 is 0.936 bits per heavy atom. The molecule has 2 bridgehead atoms. The second-order valence-electron chi connectivity index (χ2n) is 12.6. The summed E-state index contributed by atoms with van der Waals surface area (Å²) in [6.07, 6.45) is 5.25. The molecule has 8 N–H and O–H groups in total. The van der Waals surface area contributed by atoms with Gasteiger partial charge in [0.2, 0.25) is 0 Å². The minimum Gasteiger partial charge on any atom is -0.481 e. The predicted molar refractivity (Wildman–Crippen MR) is 165 cm³/mol. The SMILES string of the molecule is C[C@@H]1C/C=C/C=C/C=C/C=C/C(O[C@@H]2O[C@H](C)[C@@H](O)[C@H](N)[C@@H]2O)C[C@@H]2O[C@](O)(C[C@@H](O)C[C@H]3O[C@@H]3/C=C/C(=O)O1)C[C@H](O)[C@H]2C(=O)O. The van der Waals surface area contributed by atoms with Crippen molar-refractivity contribution in [1.82, 2.24) is 0 Å². The van der Waals surface area contributed by atoms with Crippen molar-refractivity contribution < 1.29 is 63.9 Å². The van der Waals surface area contributed by atoms with Gasteiger partial charge < -0.3 is 60.1 Å². The summed E-state index contributed by atoms with van der Waals surface area (Å²) in [5.74, 6) is -5.45. The average Bonchev–Trinajstić information content (AvgIpc) is 3.72. The van der Waals surface area contributed by atoms with Gasteiger partial charge >= 0.3 is 11.9 Å². The van der Waals surface area contributed by atoms with Crippen LogP contribution < -0.4 is 5.73 Å². The summed E-state index contributed by atoms with van der Waals surface area (Å²) in [6.45, 7) is 3.34. The van der Waals surface area contributed by atoms with Crippen LogP contribution in [-0.4, -0.2) is 122 Å². The molecule has 0 aliphatic carbocycles. The molecule has 0 aromatic heterocycles. The third-order valence-electron chi connectivity index (χ3n) is 8.58. The predicted octanol–water partition coefficient (Wildman–Crippen LogP) is 0.120. The molecule has 4 aliphatic rings. The molecule has 0 radical (unpaired) electrons. The van der Waals surface area contributed by atoms with Crippen molar-refractivity contribution in [2.45, 2.75) is 125 Å². The molecule has 1 unspecified atom stereocenters. The average molecular weight is 666 g/mol. The Balaban J connectivity index is 1.58. The summed E-state index contributed by atoms with van der Waals surface area (Å²) in [7, 11) is 0. The molecule has 14 heteroatoms. The molecular formula is C33H47NO13. The highest BCUT2D eigenvalue weighted by molar-refractivity contribution is 5.82. The number of nitrogens with two attached hydrogens (primary N) is 1. The summed E-state index contributed by atoms with van der Waals surface area (Å²) in [5.41, 5.74) is 5.98. The van der Waals surface area contributed by atoms with Gasteiger partial charge in [0, 0.05) is 38.2 Å². The maximum atomic E-state index is 12.3. The van der Waals surface area contributed by atoms with Gasteiger partial charge in [0.25, 0.3) is 0 Å². The fraction of sp³-hybridized carbons (Fsp3) is 0.636. The smallest absolute Gasteiger partial charge is 0.330 e. The summed E-state index contributed by atoms with van der Waals surface area (Å²) in [5, 5.41) is 63.9. The Hall–Kier alpha value is -2.76. The molecule has 3 fully saturated rings. The zero-order valence-electron chi connectivity index (χ0n) is 26.4. The van der Waals surface area contributed by atoms with Gasteiger partial charge in [-0.2, -0.15) is 0 Å². The Morgan fingerprint density at radius 3 is 2.36 bits per heavy atom. The van der Waals surface area contributed by atoms with Gasteiger partial charge in [0.1, 0.15) is 24.2 Å². The molecule has 0 aromatic rings. The molecule has 0 aromatic carbocycles. The van der Waals surface area contributed by atoms with Crippen LogP contribution in [0.1, 0.15) is 46.0 Å². The van der Waals surface area contributed by atoms with Crippen LogP contribution in [0.2, 0.25) is 0 Å². The van der Waals surface area contributed by atoms with E-state index < -0.39 is 97.3 Å². The molecule has 4 aliphatic heterocycles. The first-order valence-corrected chi connectivity index (χ1v) is 15.9. The van der Waals surface area contributed by atoms with Crippen LogP contribution in [0.3, 0.4) is 0 Å². The van der Waals surface area contributed by atoms with Crippen LogP contribution >= 0.6 is 0 Å². The number of carbonyl (C=O) groups excluding carboxylic acids is 1. The second-order valence-corrected chi connectivity index (χ2v) is 12.6. The van der Waals surface area contributed by atoms with Crippen molar-refractivity contribution in [2.24, 2.45) is 11.7 Å². The molecule has 3 saturated heterocycles. The number of cyclic esters (lactones) is 1. The number of carboxylic acid groups (broad SMARTS) is 1. The molecule has 14 atom stereocenters. The van der Waals surface area contributed by atoms with Gasteiger partial charge in [0.05, 0.1) is 48.8 Å². The molecule has 4 rings (SSSR count). The molecule has 14 nitrogen and oxygen atoms in total.